The first-order chi connectivity index (χ1) is 5.98. The van der Waals surface area contributed by atoms with Crippen molar-refractivity contribution in [2.75, 3.05) is 6.54 Å². The number of carbonyl (C=O) groups excluding carboxylic acids is 1. The van der Waals surface area contributed by atoms with Crippen molar-refractivity contribution in [3.8, 4) is 0 Å². The van der Waals surface area contributed by atoms with Crippen LogP contribution < -0.4 is 5.32 Å². The third-order valence-corrected chi connectivity index (χ3v) is 1.59. The SMILES string of the molecule is CC.CCCCNC(=O)C(Cl)(Cl)Cl. The molecule has 0 unspecified atom stereocenters. The average Bonchev–Trinajstić information content (AvgIpc) is 2.07. The zero-order valence-corrected chi connectivity index (χ0v) is 10.4. The fourth-order valence-corrected chi connectivity index (χ4v) is 0.679. The molecule has 0 fully saturated rings. The van der Waals surface area contributed by atoms with Gasteiger partial charge in [-0.1, -0.05) is 62.0 Å². The molecule has 1 amide bonds. The molecule has 0 aliphatic heterocycles. The van der Waals surface area contributed by atoms with Gasteiger partial charge >= 0.3 is 0 Å². The molecular weight excluding hydrogens is 232 g/mol. The summed E-state index contributed by atoms with van der Waals surface area (Å²) in [6.07, 6.45) is 1.90. The van der Waals surface area contributed by atoms with E-state index in [-0.39, 0.29) is 0 Å². The van der Waals surface area contributed by atoms with E-state index < -0.39 is 9.70 Å². The number of amides is 1. The highest BCUT2D eigenvalue weighted by Crippen LogP contribution is 2.25. The van der Waals surface area contributed by atoms with Crippen LogP contribution in [-0.2, 0) is 4.79 Å². The first-order valence-corrected chi connectivity index (χ1v) is 5.47. The van der Waals surface area contributed by atoms with Gasteiger partial charge < -0.3 is 5.32 Å². The first-order valence-electron chi connectivity index (χ1n) is 4.33. The van der Waals surface area contributed by atoms with Crippen molar-refractivity contribution >= 4 is 40.7 Å². The lowest BCUT2D eigenvalue weighted by atomic mass is 10.3. The summed E-state index contributed by atoms with van der Waals surface area (Å²) >= 11 is 15.8. The van der Waals surface area contributed by atoms with Crippen LogP contribution in [0.3, 0.4) is 0 Å². The maximum absolute atomic E-state index is 10.8. The molecule has 0 saturated carbocycles. The molecule has 0 aromatic carbocycles. The Morgan fingerprint density at radius 3 is 2.08 bits per heavy atom. The Hall–Kier alpha value is 0.340. The Kier molecular flexibility index (Phi) is 10.8. The lowest BCUT2D eigenvalue weighted by molar-refractivity contribution is -0.120. The smallest absolute Gasteiger partial charge is 0.272 e. The van der Waals surface area contributed by atoms with Gasteiger partial charge in [0.25, 0.3) is 9.70 Å². The van der Waals surface area contributed by atoms with Gasteiger partial charge in [-0.3, -0.25) is 4.79 Å². The van der Waals surface area contributed by atoms with Crippen molar-refractivity contribution in [3.05, 3.63) is 0 Å². The number of halogens is 3. The Morgan fingerprint density at radius 1 is 1.31 bits per heavy atom. The van der Waals surface area contributed by atoms with Gasteiger partial charge in [-0.25, -0.2) is 0 Å². The van der Waals surface area contributed by atoms with Gasteiger partial charge in [-0.2, -0.15) is 0 Å². The predicted molar refractivity (Wildman–Crippen MR) is 59.6 cm³/mol. The molecule has 0 aliphatic rings. The Labute approximate surface area is 94.9 Å². The summed E-state index contributed by atoms with van der Waals surface area (Å²) in [5, 5.41) is 2.49. The molecule has 80 valence electrons. The third kappa shape index (κ3) is 10.3. The number of carbonyl (C=O) groups is 1. The van der Waals surface area contributed by atoms with Crippen LogP contribution in [0.4, 0.5) is 0 Å². The van der Waals surface area contributed by atoms with Crippen molar-refractivity contribution in [1.82, 2.24) is 5.32 Å². The fraction of sp³-hybridized carbons (Fsp3) is 0.875. The van der Waals surface area contributed by atoms with Gasteiger partial charge in [0.1, 0.15) is 0 Å². The number of rotatable bonds is 3. The molecular formula is C8H16Cl3NO. The normalized spacial score (nSPS) is 10.0. The van der Waals surface area contributed by atoms with Crippen LogP contribution in [0.15, 0.2) is 0 Å². The van der Waals surface area contributed by atoms with E-state index in [2.05, 4.69) is 5.32 Å². The Bertz CT molecular complexity index is 134. The number of alkyl halides is 3. The fourth-order valence-electron chi connectivity index (χ4n) is 0.479. The molecule has 0 radical (unpaired) electrons. The molecule has 0 saturated heterocycles. The Balaban J connectivity index is 0. The van der Waals surface area contributed by atoms with E-state index in [1.807, 2.05) is 20.8 Å². The average molecular weight is 249 g/mol. The summed E-state index contributed by atoms with van der Waals surface area (Å²) in [5.41, 5.74) is 0. The molecule has 0 atom stereocenters. The summed E-state index contributed by atoms with van der Waals surface area (Å²) in [4.78, 5) is 10.8. The number of unbranched alkanes of at least 4 members (excludes halogenated alkanes) is 1. The standard InChI is InChI=1S/C6H10Cl3NO.C2H6/c1-2-3-4-10-5(11)6(7,8)9;1-2/h2-4H2,1H3,(H,10,11);1-2H3. The van der Waals surface area contributed by atoms with E-state index in [1.165, 1.54) is 0 Å². The minimum absolute atomic E-state index is 0.559. The quantitative estimate of drug-likeness (QED) is 0.603. The summed E-state index contributed by atoms with van der Waals surface area (Å²) in [6.45, 7) is 6.57. The van der Waals surface area contributed by atoms with E-state index >= 15 is 0 Å². The van der Waals surface area contributed by atoms with Gasteiger partial charge in [0.05, 0.1) is 0 Å². The summed E-state index contributed by atoms with van der Waals surface area (Å²) < 4.78 is -1.83. The van der Waals surface area contributed by atoms with Crippen LogP contribution in [0.25, 0.3) is 0 Å². The molecule has 2 nitrogen and oxygen atoms in total. The van der Waals surface area contributed by atoms with Crippen molar-refractivity contribution in [2.24, 2.45) is 0 Å². The Morgan fingerprint density at radius 2 is 1.77 bits per heavy atom. The van der Waals surface area contributed by atoms with Crippen molar-refractivity contribution < 1.29 is 4.79 Å². The zero-order valence-electron chi connectivity index (χ0n) is 8.16. The van der Waals surface area contributed by atoms with Gasteiger partial charge in [-0.05, 0) is 6.42 Å². The molecule has 0 aromatic heterocycles. The molecule has 0 aliphatic carbocycles. The van der Waals surface area contributed by atoms with E-state index in [1.54, 1.807) is 0 Å². The maximum Gasteiger partial charge on any atom is 0.272 e. The van der Waals surface area contributed by atoms with E-state index in [9.17, 15) is 4.79 Å². The van der Waals surface area contributed by atoms with Gasteiger partial charge in [0, 0.05) is 6.54 Å². The van der Waals surface area contributed by atoms with Crippen LogP contribution >= 0.6 is 34.8 Å². The van der Waals surface area contributed by atoms with Gasteiger partial charge in [-0.15, -0.1) is 0 Å². The minimum Gasteiger partial charge on any atom is -0.352 e. The summed E-state index contributed by atoms with van der Waals surface area (Å²) in [5.74, 6) is -0.559. The monoisotopic (exact) mass is 247 g/mol. The largest absolute Gasteiger partial charge is 0.352 e. The molecule has 0 spiro atoms. The minimum atomic E-state index is -1.83. The van der Waals surface area contributed by atoms with Crippen LogP contribution in [0.2, 0.25) is 0 Å². The van der Waals surface area contributed by atoms with E-state index in [4.69, 9.17) is 34.8 Å². The highest BCUT2D eigenvalue weighted by molar-refractivity contribution is 6.76. The zero-order chi connectivity index (χ0) is 10.9. The molecule has 0 rings (SSSR count). The van der Waals surface area contributed by atoms with Crippen molar-refractivity contribution in [2.45, 2.75) is 37.4 Å². The molecule has 5 heteroatoms. The highest BCUT2D eigenvalue weighted by Gasteiger charge is 2.29. The van der Waals surface area contributed by atoms with E-state index in [0.29, 0.717) is 6.54 Å². The summed E-state index contributed by atoms with van der Waals surface area (Å²) in [7, 11) is 0. The van der Waals surface area contributed by atoms with Crippen molar-refractivity contribution in [3.63, 3.8) is 0 Å². The third-order valence-electron chi connectivity index (χ3n) is 1.07. The van der Waals surface area contributed by atoms with Gasteiger partial charge in [0.15, 0.2) is 0 Å². The number of hydrogen-bond acceptors (Lipinski definition) is 1. The first kappa shape index (κ1) is 15.8. The summed E-state index contributed by atoms with van der Waals surface area (Å²) in [6, 6.07) is 0. The lowest BCUT2D eigenvalue weighted by Crippen LogP contribution is -2.34. The predicted octanol–water partition coefficient (Wildman–Crippen LogP) is 3.30. The molecule has 1 N–H and O–H groups in total. The topological polar surface area (TPSA) is 29.1 Å². The lowest BCUT2D eigenvalue weighted by Gasteiger charge is -2.10. The van der Waals surface area contributed by atoms with E-state index in [0.717, 1.165) is 12.8 Å². The van der Waals surface area contributed by atoms with Gasteiger partial charge in [0.2, 0.25) is 0 Å². The van der Waals surface area contributed by atoms with Crippen LogP contribution in [0.5, 0.6) is 0 Å². The molecule has 0 bridgehead atoms. The second kappa shape index (κ2) is 8.92. The molecule has 0 aromatic rings. The molecule has 13 heavy (non-hydrogen) atoms. The van der Waals surface area contributed by atoms with Crippen LogP contribution in [0.1, 0.15) is 33.6 Å². The van der Waals surface area contributed by atoms with Crippen LogP contribution in [-0.4, -0.2) is 16.2 Å². The highest BCUT2D eigenvalue weighted by atomic mass is 35.6. The molecule has 0 heterocycles. The second-order valence-electron chi connectivity index (χ2n) is 2.11. The number of hydrogen-bond donors (Lipinski definition) is 1. The van der Waals surface area contributed by atoms with Crippen LogP contribution in [0, 0.1) is 0 Å². The second-order valence-corrected chi connectivity index (χ2v) is 4.39. The number of nitrogens with one attached hydrogen (secondary N) is 1. The van der Waals surface area contributed by atoms with Crippen molar-refractivity contribution in [1.29, 1.82) is 0 Å². The maximum atomic E-state index is 10.8.